The lowest BCUT2D eigenvalue weighted by atomic mass is 10.2. The number of amides is 1. The average Bonchev–Trinajstić information content (AvgIpc) is 2.64. The predicted octanol–water partition coefficient (Wildman–Crippen LogP) is 1.27. The van der Waals surface area contributed by atoms with Crippen LogP contribution in [-0.4, -0.2) is 61.0 Å². The van der Waals surface area contributed by atoms with Crippen molar-refractivity contribution < 1.29 is 14.3 Å². The van der Waals surface area contributed by atoms with Crippen LogP contribution in [0.15, 0.2) is 0 Å². The molecule has 110 valence electrons. The van der Waals surface area contributed by atoms with E-state index in [-0.39, 0.29) is 11.9 Å². The van der Waals surface area contributed by atoms with Gasteiger partial charge in [-0.2, -0.15) is 0 Å². The first-order valence-electron chi connectivity index (χ1n) is 7.13. The first kappa shape index (κ1) is 16.0. The van der Waals surface area contributed by atoms with Gasteiger partial charge in [0.15, 0.2) is 0 Å². The molecule has 1 aliphatic heterocycles. The molecule has 0 bridgehead atoms. The van der Waals surface area contributed by atoms with Gasteiger partial charge in [-0.25, -0.2) is 0 Å². The second kappa shape index (κ2) is 8.15. The molecule has 1 fully saturated rings. The van der Waals surface area contributed by atoms with E-state index in [2.05, 4.69) is 23.5 Å². The Bertz CT molecular complexity index is 305. The zero-order valence-corrected chi connectivity index (χ0v) is 12.4. The summed E-state index contributed by atoms with van der Waals surface area (Å²) in [5.41, 5.74) is 0. The van der Waals surface area contributed by atoms with Crippen molar-refractivity contribution in [2.75, 3.05) is 33.3 Å². The molecule has 5 heteroatoms. The van der Waals surface area contributed by atoms with Crippen LogP contribution in [0, 0.1) is 0 Å². The summed E-state index contributed by atoms with van der Waals surface area (Å²) < 4.78 is 4.57. The molecule has 0 radical (unpaired) electrons. The van der Waals surface area contributed by atoms with Crippen molar-refractivity contribution in [1.29, 1.82) is 0 Å². The molecule has 1 rings (SSSR count). The second-order valence-electron chi connectivity index (χ2n) is 5.29. The molecule has 1 aliphatic rings. The Morgan fingerprint density at radius 2 is 1.84 bits per heavy atom. The van der Waals surface area contributed by atoms with E-state index in [0.717, 1.165) is 32.6 Å². The van der Waals surface area contributed by atoms with E-state index in [0.29, 0.717) is 25.3 Å². The number of methoxy groups -OCH3 is 1. The SMILES string of the molecule is COC(=O)CCCC(=O)N1CCCN(C(C)C)CC1. The van der Waals surface area contributed by atoms with Crippen LogP contribution in [0.4, 0.5) is 0 Å². The molecule has 1 amide bonds. The summed E-state index contributed by atoms with van der Waals surface area (Å²) in [6.07, 6.45) is 2.38. The van der Waals surface area contributed by atoms with Crippen LogP contribution in [-0.2, 0) is 14.3 Å². The van der Waals surface area contributed by atoms with Crippen LogP contribution in [0.3, 0.4) is 0 Å². The Labute approximate surface area is 115 Å². The van der Waals surface area contributed by atoms with Crippen molar-refractivity contribution in [3.63, 3.8) is 0 Å². The number of ether oxygens (including phenoxy) is 1. The fourth-order valence-electron chi connectivity index (χ4n) is 2.35. The number of rotatable bonds is 5. The van der Waals surface area contributed by atoms with E-state index >= 15 is 0 Å². The molecule has 19 heavy (non-hydrogen) atoms. The van der Waals surface area contributed by atoms with Crippen LogP contribution < -0.4 is 0 Å². The lowest BCUT2D eigenvalue weighted by Gasteiger charge is -2.24. The molecule has 1 saturated heterocycles. The largest absolute Gasteiger partial charge is 0.469 e. The monoisotopic (exact) mass is 270 g/mol. The topological polar surface area (TPSA) is 49.9 Å². The maximum atomic E-state index is 12.1. The normalized spacial score (nSPS) is 17.4. The Balaban J connectivity index is 2.31. The standard InChI is InChI=1S/C14H26N2O3/c1-12(2)15-8-5-9-16(11-10-15)13(17)6-4-7-14(18)19-3/h12H,4-11H2,1-3H3. The highest BCUT2D eigenvalue weighted by molar-refractivity contribution is 5.77. The van der Waals surface area contributed by atoms with Gasteiger partial charge in [0.1, 0.15) is 0 Å². The van der Waals surface area contributed by atoms with Crippen molar-refractivity contribution >= 4 is 11.9 Å². The molecule has 0 aromatic carbocycles. The van der Waals surface area contributed by atoms with E-state index in [1.54, 1.807) is 0 Å². The van der Waals surface area contributed by atoms with Crippen LogP contribution in [0.25, 0.3) is 0 Å². The van der Waals surface area contributed by atoms with Gasteiger partial charge in [-0.05, 0) is 26.7 Å². The van der Waals surface area contributed by atoms with Crippen LogP contribution in [0.2, 0.25) is 0 Å². The summed E-state index contributed by atoms with van der Waals surface area (Å²) in [7, 11) is 1.37. The van der Waals surface area contributed by atoms with E-state index in [4.69, 9.17) is 0 Å². The summed E-state index contributed by atoms with van der Waals surface area (Å²) in [6.45, 7) is 8.02. The minimum Gasteiger partial charge on any atom is -0.469 e. The van der Waals surface area contributed by atoms with E-state index < -0.39 is 0 Å². The molecular formula is C14H26N2O3. The molecule has 0 atom stereocenters. The van der Waals surface area contributed by atoms with Crippen molar-refractivity contribution in [2.45, 2.75) is 45.6 Å². The van der Waals surface area contributed by atoms with Crippen LogP contribution in [0.5, 0.6) is 0 Å². The van der Waals surface area contributed by atoms with Gasteiger partial charge < -0.3 is 9.64 Å². The minimum absolute atomic E-state index is 0.162. The summed E-state index contributed by atoms with van der Waals surface area (Å²) in [4.78, 5) is 27.4. The van der Waals surface area contributed by atoms with Gasteiger partial charge in [0, 0.05) is 45.1 Å². The van der Waals surface area contributed by atoms with Crippen molar-refractivity contribution in [1.82, 2.24) is 9.80 Å². The summed E-state index contributed by atoms with van der Waals surface area (Å²) in [5.74, 6) is -0.0795. The quantitative estimate of drug-likeness (QED) is 0.706. The molecule has 0 spiro atoms. The van der Waals surface area contributed by atoms with E-state index in [1.807, 2.05) is 4.90 Å². The fraction of sp³-hybridized carbons (Fsp3) is 0.857. The number of esters is 1. The fourth-order valence-corrected chi connectivity index (χ4v) is 2.35. The third-order valence-electron chi connectivity index (χ3n) is 3.61. The molecule has 0 aromatic heterocycles. The highest BCUT2D eigenvalue weighted by Crippen LogP contribution is 2.09. The molecule has 0 aromatic rings. The third-order valence-corrected chi connectivity index (χ3v) is 3.61. The minimum atomic E-state index is -0.241. The second-order valence-corrected chi connectivity index (χ2v) is 5.29. The van der Waals surface area contributed by atoms with Crippen LogP contribution >= 0.6 is 0 Å². The molecular weight excluding hydrogens is 244 g/mol. The first-order valence-corrected chi connectivity index (χ1v) is 7.13. The number of nitrogens with zero attached hydrogens (tertiary/aromatic N) is 2. The number of hydrogen-bond donors (Lipinski definition) is 0. The molecule has 0 N–H and O–H groups in total. The lowest BCUT2D eigenvalue weighted by molar-refractivity contribution is -0.140. The number of hydrogen-bond acceptors (Lipinski definition) is 4. The van der Waals surface area contributed by atoms with Gasteiger partial charge in [0.05, 0.1) is 7.11 Å². The first-order chi connectivity index (χ1) is 9.04. The molecule has 0 unspecified atom stereocenters. The van der Waals surface area contributed by atoms with E-state index in [1.165, 1.54) is 7.11 Å². The molecule has 5 nitrogen and oxygen atoms in total. The predicted molar refractivity (Wildman–Crippen MR) is 73.8 cm³/mol. The Kier molecular flexibility index (Phi) is 6.84. The third kappa shape index (κ3) is 5.59. The van der Waals surface area contributed by atoms with Gasteiger partial charge in [0.25, 0.3) is 0 Å². The summed E-state index contributed by atoms with van der Waals surface area (Å²) in [6, 6.07) is 0.536. The Morgan fingerprint density at radius 3 is 2.47 bits per heavy atom. The summed E-state index contributed by atoms with van der Waals surface area (Å²) in [5, 5.41) is 0. The van der Waals surface area contributed by atoms with Gasteiger partial charge in [0.2, 0.25) is 5.91 Å². The highest BCUT2D eigenvalue weighted by atomic mass is 16.5. The average molecular weight is 270 g/mol. The highest BCUT2D eigenvalue weighted by Gasteiger charge is 2.20. The molecule has 0 aliphatic carbocycles. The summed E-state index contributed by atoms with van der Waals surface area (Å²) >= 11 is 0. The maximum Gasteiger partial charge on any atom is 0.305 e. The van der Waals surface area contributed by atoms with Gasteiger partial charge in [-0.15, -0.1) is 0 Å². The molecule has 1 heterocycles. The van der Waals surface area contributed by atoms with Gasteiger partial charge >= 0.3 is 5.97 Å². The smallest absolute Gasteiger partial charge is 0.305 e. The maximum absolute atomic E-state index is 12.1. The van der Waals surface area contributed by atoms with Crippen LogP contribution in [0.1, 0.15) is 39.5 Å². The lowest BCUT2D eigenvalue weighted by Crippen LogP contribution is -2.37. The molecule has 0 saturated carbocycles. The number of carbonyl (C=O) groups is 2. The van der Waals surface area contributed by atoms with Crippen molar-refractivity contribution in [2.24, 2.45) is 0 Å². The van der Waals surface area contributed by atoms with Crippen molar-refractivity contribution in [3.05, 3.63) is 0 Å². The number of carbonyl (C=O) groups excluding carboxylic acids is 2. The Hall–Kier alpha value is -1.10. The Morgan fingerprint density at radius 1 is 1.11 bits per heavy atom. The van der Waals surface area contributed by atoms with Crippen molar-refractivity contribution in [3.8, 4) is 0 Å². The van der Waals surface area contributed by atoms with Gasteiger partial charge in [-0.3, -0.25) is 14.5 Å². The zero-order chi connectivity index (χ0) is 14.3. The van der Waals surface area contributed by atoms with Gasteiger partial charge in [-0.1, -0.05) is 0 Å². The zero-order valence-electron chi connectivity index (χ0n) is 12.4. The van der Waals surface area contributed by atoms with E-state index in [9.17, 15) is 9.59 Å².